The van der Waals surface area contributed by atoms with E-state index in [1.807, 2.05) is 45.9 Å². The number of hydrogen-bond acceptors (Lipinski definition) is 5. The highest BCUT2D eigenvalue weighted by molar-refractivity contribution is 5.79. The van der Waals surface area contributed by atoms with Gasteiger partial charge in [0.05, 0.1) is 23.2 Å². The number of phenols is 1. The first-order chi connectivity index (χ1) is 17.4. The number of carbonyl (C=O) groups excluding carboxylic acids is 1. The van der Waals surface area contributed by atoms with Gasteiger partial charge in [-0.05, 0) is 92.4 Å². The number of rotatable bonds is 4. The van der Waals surface area contributed by atoms with Gasteiger partial charge in [-0.25, -0.2) is 4.52 Å². The Bertz CT molecular complexity index is 1300. The molecule has 7 nitrogen and oxygen atoms in total. The lowest BCUT2D eigenvalue weighted by molar-refractivity contribution is -0.149. The summed E-state index contributed by atoms with van der Waals surface area (Å²) in [5, 5.41) is 27.6. The minimum atomic E-state index is -0.918. The second-order valence-corrected chi connectivity index (χ2v) is 11.5. The number of aromatic nitrogens is 2. The van der Waals surface area contributed by atoms with Crippen LogP contribution >= 0.6 is 0 Å². The number of nitrogens with zero attached hydrogens (tertiary/aromatic N) is 4. The fourth-order valence-electron chi connectivity index (χ4n) is 7.46. The molecule has 1 amide bonds. The van der Waals surface area contributed by atoms with E-state index in [0.29, 0.717) is 25.9 Å². The number of carbonyl (C=O) groups is 1. The van der Waals surface area contributed by atoms with E-state index in [1.165, 1.54) is 18.4 Å². The van der Waals surface area contributed by atoms with Crippen LogP contribution in [0, 0.1) is 5.92 Å². The minimum Gasteiger partial charge on any atom is -0.508 e. The fraction of sp³-hybridized carbons (Fsp3) is 0.517. The third-order valence-corrected chi connectivity index (χ3v) is 9.54. The second-order valence-electron chi connectivity index (χ2n) is 11.5. The van der Waals surface area contributed by atoms with Crippen LogP contribution in [0.2, 0.25) is 0 Å². The summed E-state index contributed by atoms with van der Waals surface area (Å²) in [5.41, 5.74) is 2.74. The predicted molar refractivity (Wildman–Crippen MR) is 136 cm³/mol. The Morgan fingerprint density at radius 1 is 1.06 bits per heavy atom. The highest BCUT2D eigenvalue weighted by atomic mass is 16.3. The van der Waals surface area contributed by atoms with Crippen LogP contribution in [0.5, 0.6) is 5.75 Å². The molecule has 188 valence electrons. The summed E-state index contributed by atoms with van der Waals surface area (Å²) >= 11 is 0. The van der Waals surface area contributed by atoms with Crippen LogP contribution in [0.4, 0.5) is 0 Å². The monoisotopic (exact) mass is 486 g/mol. The standard InChI is InChI=1S/C29H34N4O3/c34-24-7-6-21-15-26-29(36)10-14-31(27(35)17-22-16-23-3-1-2-11-33(23)30-22)12-8-28(29,25(21)18-24)9-13-32(26)19-20-4-5-20/h1-3,6-7,11,16,18,20,26,34,36H,4-5,8-10,12-15,17,19H2/t26-,28+,29-/m1/s1. The average molecular weight is 487 g/mol. The van der Waals surface area contributed by atoms with Crippen LogP contribution in [0.25, 0.3) is 5.52 Å². The zero-order valence-electron chi connectivity index (χ0n) is 20.6. The van der Waals surface area contributed by atoms with Crippen molar-refractivity contribution in [2.24, 2.45) is 5.92 Å². The van der Waals surface area contributed by atoms with Gasteiger partial charge in [-0.1, -0.05) is 12.1 Å². The highest BCUT2D eigenvalue weighted by Crippen LogP contribution is 2.56. The van der Waals surface area contributed by atoms with E-state index >= 15 is 0 Å². The zero-order valence-corrected chi connectivity index (χ0v) is 20.6. The van der Waals surface area contributed by atoms with E-state index in [9.17, 15) is 15.0 Å². The van der Waals surface area contributed by atoms with Gasteiger partial charge in [0.25, 0.3) is 0 Å². The van der Waals surface area contributed by atoms with Gasteiger partial charge >= 0.3 is 0 Å². The third-order valence-electron chi connectivity index (χ3n) is 9.54. The maximum atomic E-state index is 13.5. The van der Waals surface area contributed by atoms with Crippen LogP contribution < -0.4 is 0 Å². The Morgan fingerprint density at radius 3 is 2.72 bits per heavy atom. The van der Waals surface area contributed by atoms with Gasteiger partial charge in [0.1, 0.15) is 5.75 Å². The van der Waals surface area contributed by atoms with Crippen molar-refractivity contribution in [3.63, 3.8) is 0 Å². The number of fused-ring (bicyclic) bond motifs is 2. The number of likely N-dealkylation sites (tertiary alicyclic amines) is 2. The van der Waals surface area contributed by atoms with Gasteiger partial charge in [0.2, 0.25) is 5.91 Å². The van der Waals surface area contributed by atoms with Crippen molar-refractivity contribution in [2.45, 2.75) is 62.0 Å². The first-order valence-electron chi connectivity index (χ1n) is 13.5. The molecule has 2 bridgehead atoms. The maximum absolute atomic E-state index is 13.5. The first-order valence-corrected chi connectivity index (χ1v) is 13.5. The molecule has 3 fully saturated rings. The summed E-state index contributed by atoms with van der Waals surface area (Å²) in [7, 11) is 0. The molecule has 3 atom stereocenters. The van der Waals surface area contributed by atoms with Crippen LogP contribution in [0.15, 0.2) is 48.7 Å². The van der Waals surface area contributed by atoms with E-state index in [4.69, 9.17) is 0 Å². The molecule has 3 aromatic rings. The molecule has 2 saturated heterocycles. The van der Waals surface area contributed by atoms with Crippen molar-refractivity contribution in [3.8, 4) is 5.75 Å². The van der Waals surface area contributed by atoms with Crippen LogP contribution in [0.3, 0.4) is 0 Å². The molecule has 4 aliphatic rings. The quantitative estimate of drug-likeness (QED) is 0.593. The van der Waals surface area contributed by atoms with E-state index in [2.05, 4.69) is 16.1 Å². The smallest absolute Gasteiger partial charge is 0.228 e. The van der Waals surface area contributed by atoms with E-state index in [1.54, 1.807) is 6.07 Å². The maximum Gasteiger partial charge on any atom is 0.228 e. The summed E-state index contributed by atoms with van der Waals surface area (Å²) in [6, 6.07) is 13.6. The van der Waals surface area contributed by atoms with Crippen molar-refractivity contribution in [1.29, 1.82) is 0 Å². The Balaban J connectivity index is 1.20. The van der Waals surface area contributed by atoms with E-state index < -0.39 is 11.0 Å². The largest absolute Gasteiger partial charge is 0.508 e. The molecule has 0 radical (unpaired) electrons. The van der Waals surface area contributed by atoms with Crippen LogP contribution in [-0.4, -0.2) is 73.4 Å². The number of pyridine rings is 1. The Hall–Kier alpha value is -2.90. The van der Waals surface area contributed by atoms with Crippen molar-refractivity contribution in [2.75, 3.05) is 26.2 Å². The van der Waals surface area contributed by atoms with Crippen LogP contribution in [-0.2, 0) is 23.1 Å². The lowest BCUT2D eigenvalue weighted by atomic mass is 9.52. The summed E-state index contributed by atoms with van der Waals surface area (Å²) in [6.45, 7) is 3.19. The molecule has 36 heavy (non-hydrogen) atoms. The predicted octanol–water partition coefficient (Wildman–Crippen LogP) is 2.91. The number of phenolic OH excluding ortho intramolecular Hbond substituents is 1. The fourth-order valence-corrected chi connectivity index (χ4v) is 7.46. The molecule has 7 rings (SSSR count). The summed E-state index contributed by atoms with van der Waals surface area (Å²) in [5.74, 6) is 1.09. The van der Waals surface area contributed by atoms with Crippen molar-refractivity contribution < 1.29 is 15.0 Å². The molecule has 2 aromatic heterocycles. The lowest BCUT2D eigenvalue weighted by Crippen LogP contribution is -2.71. The molecule has 4 heterocycles. The summed E-state index contributed by atoms with van der Waals surface area (Å²) < 4.78 is 1.81. The number of aliphatic hydroxyl groups is 1. The average Bonchev–Trinajstić information content (AvgIpc) is 3.61. The van der Waals surface area contributed by atoms with Gasteiger partial charge in [0, 0.05) is 37.3 Å². The molecule has 7 heteroatoms. The number of aromatic hydroxyl groups is 1. The molecule has 1 saturated carbocycles. The van der Waals surface area contributed by atoms with E-state index in [-0.39, 0.29) is 24.1 Å². The molecule has 2 aliphatic heterocycles. The molecule has 0 unspecified atom stereocenters. The number of benzene rings is 1. The summed E-state index contributed by atoms with van der Waals surface area (Å²) in [6.07, 6.45) is 7.69. The lowest BCUT2D eigenvalue weighted by Gasteiger charge is -2.61. The molecule has 2 N–H and O–H groups in total. The minimum absolute atomic E-state index is 0.0531. The molecule has 2 aliphatic carbocycles. The first kappa shape index (κ1) is 22.3. The number of amides is 1. The van der Waals surface area contributed by atoms with Crippen molar-refractivity contribution in [1.82, 2.24) is 19.4 Å². The van der Waals surface area contributed by atoms with E-state index in [0.717, 1.165) is 48.6 Å². The Labute approximate surface area is 211 Å². The second kappa shape index (κ2) is 8.05. The highest BCUT2D eigenvalue weighted by Gasteiger charge is 2.63. The number of hydrogen-bond donors (Lipinski definition) is 2. The zero-order chi connectivity index (χ0) is 24.5. The topological polar surface area (TPSA) is 81.3 Å². The number of piperidine rings is 1. The van der Waals surface area contributed by atoms with Crippen molar-refractivity contribution >= 4 is 11.4 Å². The normalized spacial score (nSPS) is 30.0. The SMILES string of the molecule is O=C(Cc1cc2ccccn2n1)N1CC[C@]23CCN(CC4CC4)[C@H](Cc4ccc(O)cc42)[C@]3(O)CC1. The van der Waals surface area contributed by atoms with Crippen molar-refractivity contribution in [3.05, 3.63) is 65.5 Å². The molecular weight excluding hydrogens is 452 g/mol. The molecule has 1 aromatic carbocycles. The Morgan fingerprint density at radius 2 is 1.89 bits per heavy atom. The van der Waals surface area contributed by atoms with Gasteiger partial charge in [-0.3, -0.25) is 9.69 Å². The van der Waals surface area contributed by atoms with Gasteiger partial charge in [0.15, 0.2) is 0 Å². The van der Waals surface area contributed by atoms with Gasteiger partial charge in [-0.2, -0.15) is 5.10 Å². The third kappa shape index (κ3) is 3.40. The van der Waals surface area contributed by atoms with Gasteiger partial charge < -0.3 is 15.1 Å². The van der Waals surface area contributed by atoms with Gasteiger partial charge in [-0.15, -0.1) is 0 Å². The summed E-state index contributed by atoms with van der Waals surface area (Å²) in [4.78, 5) is 17.9. The van der Waals surface area contributed by atoms with Crippen LogP contribution in [0.1, 0.15) is 48.9 Å². The molecular formula is C29H34N4O3. The molecule has 0 spiro atoms. The Kier molecular flexibility index (Phi) is 4.99.